The third-order valence-corrected chi connectivity index (χ3v) is 3.22. The van der Waals surface area contributed by atoms with Crippen LogP contribution in [0, 0.1) is 11.3 Å². The first-order valence-corrected chi connectivity index (χ1v) is 3.86. The van der Waals surface area contributed by atoms with Gasteiger partial charge in [0.05, 0.1) is 11.5 Å². The molecule has 0 amide bonds. The van der Waals surface area contributed by atoms with Crippen LogP contribution in [-0.2, 0) is 4.79 Å². The third kappa shape index (κ3) is 0.511. The van der Waals surface area contributed by atoms with Crippen molar-refractivity contribution in [1.29, 1.82) is 0 Å². The van der Waals surface area contributed by atoms with Crippen LogP contribution in [-0.4, -0.2) is 17.0 Å². The third-order valence-electron chi connectivity index (χ3n) is 3.22. The summed E-state index contributed by atoms with van der Waals surface area (Å²) in [6.07, 6.45) is 2.23. The zero-order valence-electron chi connectivity index (χ0n) is 6.13. The van der Waals surface area contributed by atoms with Crippen molar-refractivity contribution >= 4 is 5.78 Å². The smallest absolute Gasteiger partial charge is 0.141 e. The second kappa shape index (κ2) is 1.62. The Kier molecular flexibility index (Phi) is 1.03. The van der Waals surface area contributed by atoms with Crippen LogP contribution >= 0.6 is 0 Å². The van der Waals surface area contributed by atoms with Crippen molar-refractivity contribution in [3.05, 3.63) is 0 Å². The Labute approximate surface area is 60.2 Å². The molecule has 0 radical (unpaired) electrons. The van der Waals surface area contributed by atoms with Gasteiger partial charge in [0.2, 0.25) is 0 Å². The van der Waals surface area contributed by atoms with Gasteiger partial charge in [0.15, 0.2) is 0 Å². The maximum Gasteiger partial charge on any atom is 0.141 e. The number of rotatable bonds is 0. The molecular weight excluding hydrogens is 128 g/mol. The van der Waals surface area contributed by atoms with Gasteiger partial charge in [-0.25, -0.2) is 0 Å². The van der Waals surface area contributed by atoms with Crippen molar-refractivity contribution in [2.75, 3.05) is 0 Å². The molecular formula is C8H12O2. The summed E-state index contributed by atoms with van der Waals surface area (Å²) in [5.41, 5.74) is -0.356. The van der Waals surface area contributed by atoms with Crippen molar-refractivity contribution in [2.45, 2.75) is 32.3 Å². The van der Waals surface area contributed by atoms with Crippen LogP contribution in [0.15, 0.2) is 0 Å². The van der Waals surface area contributed by atoms with Crippen molar-refractivity contribution in [3.8, 4) is 0 Å². The fraction of sp³-hybridized carbons (Fsp3) is 0.875. The molecule has 0 aromatic heterocycles. The number of aliphatic hydroxyl groups is 1. The van der Waals surface area contributed by atoms with E-state index in [9.17, 15) is 9.90 Å². The normalized spacial score (nSPS) is 52.4. The molecule has 0 spiro atoms. The Morgan fingerprint density at radius 1 is 1.70 bits per heavy atom. The van der Waals surface area contributed by atoms with E-state index in [1.54, 1.807) is 0 Å². The summed E-state index contributed by atoms with van der Waals surface area (Å²) in [6, 6.07) is 0. The Hall–Kier alpha value is -0.370. The molecule has 2 nitrogen and oxygen atoms in total. The minimum Gasteiger partial charge on any atom is -0.392 e. The summed E-state index contributed by atoms with van der Waals surface area (Å²) in [7, 11) is 0. The highest BCUT2D eigenvalue weighted by atomic mass is 16.3. The lowest BCUT2D eigenvalue weighted by Crippen LogP contribution is -2.29. The van der Waals surface area contributed by atoms with Crippen LogP contribution in [0.3, 0.4) is 0 Å². The van der Waals surface area contributed by atoms with E-state index < -0.39 is 0 Å². The lowest BCUT2D eigenvalue weighted by Gasteiger charge is -2.20. The molecule has 10 heavy (non-hydrogen) atoms. The average molecular weight is 140 g/mol. The van der Waals surface area contributed by atoms with E-state index in [-0.39, 0.29) is 23.2 Å². The number of hydrogen-bond acceptors (Lipinski definition) is 2. The largest absolute Gasteiger partial charge is 0.392 e. The van der Waals surface area contributed by atoms with E-state index in [2.05, 4.69) is 0 Å². The Balaban J connectivity index is 2.37. The molecule has 0 aromatic carbocycles. The van der Waals surface area contributed by atoms with E-state index in [1.807, 2.05) is 6.92 Å². The summed E-state index contributed by atoms with van der Waals surface area (Å²) in [6.45, 7) is 1.90. The van der Waals surface area contributed by atoms with Crippen LogP contribution in [0.1, 0.15) is 26.2 Å². The van der Waals surface area contributed by atoms with Crippen molar-refractivity contribution in [1.82, 2.24) is 0 Å². The summed E-state index contributed by atoms with van der Waals surface area (Å²) in [5, 5.41) is 9.54. The van der Waals surface area contributed by atoms with Crippen molar-refractivity contribution in [2.24, 2.45) is 11.3 Å². The van der Waals surface area contributed by atoms with Gasteiger partial charge in [-0.3, -0.25) is 4.79 Å². The Morgan fingerprint density at radius 3 is 2.60 bits per heavy atom. The summed E-state index contributed by atoms with van der Waals surface area (Å²) in [5.74, 6) is 0.564. The van der Waals surface area contributed by atoms with Gasteiger partial charge < -0.3 is 5.11 Å². The first-order valence-electron chi connectivity index (χ1n) is 3.86. The van der Waals surface area contributed by atoms with Crippen molar-refractivity contribution < 1.29 is 9.90 Å². The van der Waals surface area contributed by atoms with E-state index in [4.69, 9.17) is 0 Å². The highest BCUT2D eigenvalue weighted by Gasteiger charge is 2.55. The van der Waals surface area contributed by atoms with Crippen LogP contribution in [0.2, 0.25) is 0 Å². The molecule has 0 heterocycles. The zero-order valence-corrected chi connectivity index (χ0v) is 6.13. The Morgan fingerprint density at radius 2 is 2.40 bits per heavy atom. The molecule has 56 valence electrons. The summed E-state index contributed by atoms with van der Waals surface area (Å²) < 4.78 is 0. The second-order valence-electron chi connectivity index (χ2n) is 3.79. The lowest BCUT2D eigenvalue weighted by molar-refractivity contribution is -0.128. The number of carbonyl (C=O) groups excluding carboxylic acids is 1. The highest BCUT2D eigenvalue weighted by Crippen LogP contribution is 2.51. The molecule has 2 heteroatoms. The maximum atomic E-state index is 11.2. The van der Waals surface area contributed by atoms with Gasteiger partial charge in [-0.2, -0.15) is 0 Å². The standard InChI is InChI=1S/C8H12O2/c1-8-3-2-5(7(8)10)4-6(8)9/h5,7,10H,2-4H2,1H3/t5-,7?,8+/m0/s1. The second-order valence-corrected chi connectivity index (χ2v) is 3.79. The average Bonchev–Trinajstić information content (AvgIpc) is 2.25. The molecule has 2 aliphatic rings. The lowest BCUT2D eigenvalue weighted by atomic mass is 9.84. The molecule has 2 bridgehead atoms. The number of carbonyl (C=O) groups is 1. The molecule has 1 N–H and O–H groups in total. The minimum absolute atomic E-state index is 0.274. The topological polar surface area (TPSA) is 37.3 Å². The molecule has 0 aromatic rings. The quantitative estimate of drug-likeness (QED) is 0.538. The molecule has 2 fully saturated rings. The van der Waals surface area contributed by atoms with Crippen LogP contribution < -0.4 is 0 Å². The van der Waals surface area contributed by atoms with Crippen molar-refractivity contribution in [3.63, 3.8) is 0 Å². The molecule has 2 aliphatic carbocycles. The van der Waals surface area contributed by atoms with Crippen LogP contribution in [0.5, 0.6) is 0 Å². The fourth-order valence-corrected chi connectivity index (χ4v) is 2.30. The van der Waals surface area contributed by atoms with E-state index in [0.717, 1.165) is 12.8 Å². The summed E-state index contributed by atoms with van der Waals surface area (Å²) >= 11 is 0. The van der Waals surface area contributed by atoms with Gasteiger partial charge in [-0.15, -0.1) is 0 Å². The first-order chi connectivity index (χ1) is 4.64. The Bertz CT molecular complexity index is 188. The van der Waals surface area contributed by atoms with Gasteiger partial charge in [0.1, 0.15) is 5.78 Å². The van der Waals surface area contributed by atoms with Gasteiger partial charge in [0, 0.05) is 6.42 Å². The van der Waals surface area contributed by atoms with Gasteiger partial charge in [-0.05, 0) is 18.8 Å². The first kappa shape index (κ1) is 6.35. The van der Waals surface area contributed by atoms with E-state index >= 15 is 0 Å². The number of fused-ring (bicyclic) bond motifs is 2. The minimum atomic E-state index is -0.356. The number of aliphatic hydroxyl groups excluding tert-OH is 1. The zero-order chi connectivity index (χ0) is 7.35. The SMILES string of the molecule is C[C@@]12CC[C@@H](CC1=O)C2O. The predicted molar refractivity (Wildman–Crippen MR) is 36.5 cm³/mol. The monoisotopic (exact) mass is 140 g/mol. The van der Waals surface area contributed by atoms with E-state index in [1.165, 1.54) is 0 Å². The highest BCUT2D eigenvalue weighted by molar-refractivity contribution is 5.88. The molecule has 0 saturated heterocycles. The molecule has 2 rings (SSSR count). The van der Waals surface area contributed by atoms with Gasteiger partial charge in [-0.1, -0.05) is 6.92 Å². The number of Topliss-reactive ketones (excluding diaryl/α,β-unsaturated/α-hetero) is 1. The maximum absolute atomic E-state index is 11.2. The molecule has 1 unspecified atom stereocenters. The predicted octanol–water partition coefficient (Wildman–Crippen LogP) is 0.736. The molecule has 0 aliphatic heterocycles. The molecule has 2 saturated carbocycles. The van der Waals surface area contributed by atoms with Gasteiger partial charge in [0.25, 0.3) is 0 Å². The van der Waals surface area contributed by atoms with Crippen LogP contribution in [0.25, 0.3) is 0 Å². The number of ketones is 1. The summed E-state index contributed by atoms with van der Waals surface area (Å²) in [4.78, 5) is 11.2. The van der Waals surface area contributed by atoms with Crippen LogP contribution in [0.4, 0.5) is 0 Å². The van der Waals surface area contributed by atoms with Gasteiger partial charge >= 0.3 is 0 Å². The van der Waals surface area contributed by atoms with E-state index in [0.29, 0.717) is 6.42 Å². The molecule has 3 atom stereocenters. The fourth-order valence-electron chi connectivity index (χ4n) is 2.30. The number of hydrogen-bond donors (Lipinski definition) is 1.